The average molecular weight is 319 g/mol. The van der Waals surface area contributed by atoms with Gasteiger partial charge in [0.2, 0.25) is 10.0 Å². The lowest BCUT2D eigenvalue weighted by Crippen LogP contribution is -2.34. The molecule has 0 spiro atoms. The summed E-state index contributed by atoms with van der Waals surface area (Å²) in [5.74, 6) is -1.39. The zero-order valence-electron chi connectivity index (χ0n) is 12.0. The van der Waals surface area contributed by atoms with Crippen LogP contribution in [-0.2, 0) is 14.8 Å². The van der Waals surface area contributed by atoms with Crippen LogP contribution < -0.4 is 4.72 Å². The third-order valence-corrected chi connectivity index (χ3v) is 5.17. The fourth-order valence-electron chi connectivity index (χ4n) is 2.48. The molecule has 1 aliphatic rings. The van der Waals surface area contributed by atoms with Gasteiger partial charge in [0.25, 0.3) is 0 Å². The zero-order chi connectivity index (χ0) is 15.6. The largest absolute Gasteiger partial charge is 0.381 e. The van der Waals surface area contributed by atoms with Crippen LogP contribution >= 0.6 is 0 Å². The fourth-order valence-corrected chi connectivity index (χ4v) is 3.81. The number of aryl methyl sites for hydroxylation is 1. The molecule has 0 unspecified atom stereocenters. The van der Waals surface area contributed by atoms with Gasteiger partial charge in [-0.15, -0.1) is 0 Å². The predicted octanol–water partition coefficient (Wildman–Crippen LogP) is 2.37. The van der Waals surface area contributed by atoms with Gasteiger partial charge in [0.1, 0.15) is 16.5 Å². The maximum Gasteiger partial charge on any atom is 0.243 e. The first kappa shape index (κ1) is 16.3. The Morgan fingerprint density at radius 2 is 2.10 bits per heavy atom. The summed E-state index contributed by atoms with van der Waals surface area (Å²) < 4.78 is 59.2. The van der Waals surface area contributed by atoms with E-state index in [-0.39, 0.29) is 11.6 Å². The highest BCUT2D eigenvalue weighted by atomic mass is 32.2. The molecular weight excluding hydrogens is 300 g/mol. The third-order valence-electron chi connectivity index (χ3n) is 3.57. The van der Waals surface area contributed by atoms with Gasteiger partial charge in [-0.3, -0.25) is 0 Å². The molecule has 1 saturated heterocycles. The highest BCUT2D eigenvalue weighted by molar-refractivity contribution is 7.89. The Labute approximate surface area is 123 Å². The highest BCUT2D eigenvalue weighted by Crippen LogP contribution is 2.21. The molecule has 0 aliphatic carbocycles. The molecule has 0 bridgehead atoms. The van der Waals surface area contributed by atoms with Gasteiger partial charge < -0.3 is 4.74 Å². The Morgan fingerprint density at radius 1 is 1.38 bits per heavy atom. The first-order valence-electron chi connectivity index (χ1n) is 6.85. The number of rotatable bonds is 5. The molecule has 1 heterocycles. The van der Waals surface area contributed by atoms with Gasteiger partial charge in [-0.05, 0) is 50.3 Å². The van der Waals surface area contributed by atoms with E-state index in [9.17, 15) is 17.2 Å². The minimum Gasteiger partial charge on any atom is -0.381 e. The lowest BCUT2D eigenvalue weighted by atomic mass is 10.0. The molecule has 0 amide bonds. The van der Waals surface area contributed by atoms with Crippen molar-refractivity contribution in [3.8, 4) is 0 Å². The molecule has 7 heteroatoms. The van der Waals surface area contributed by atoms with Crippen molar-refractivity contribution < 1.29 is 21.9 Å². The smallest absolute Gasteiger partial charge is 0.243 e. The van der Waals surface area contributed by atoms with Crippen molar-refractivity contribution in [3.63, 3.8) is 0 Å². The van der Waals surface area contributed by atoms with E-state index in [0.717, 1.165) is 18.6 Å². The van der Waals surface area contributed by atoms with Crippen molar-refractivity contribution in [2.45, 2.75) is 37.6 Å². The number of nitrogens with one attached hydrogen (secondary N) is 1. The van der Waals surface area contributed by atoms with E-state index in [1.807, 2.05) is 0 Å². The highest BCUT2D eigenvalue weighted by Gasteiger charge is 2.25. The van der Waals surface area contributed by atoms with E-state index in [0.29, 0.717) is 25.6 Å². The molecule has 2 atom stereocenters. The summed E-state index contributed by atoms with van der Waals surface area (Å²) in [6.07, 6.45) is 1.49. The van der Waals surface area contributed by atoms with Crippen LogP contribution in [0.2, 0.25) is 0 Å². The van der Waals surface area contributed by atoms with Gasteiger partial charge in [0, 0.05) is 19.3 Å². The average Bonchev–Trinajstić information content (AvgIpc) is 2.85. The first-order valence-corrected chi connectivity index (χ1v) is 8.33. The number of sulfonamides is 1. The van der Waals surface area contributed by atoms with Crippen LogP contribution in [0.4, 0.5) is 8.78 Å². The molecule has 0 saturated carbocycles. The van der Waals surface area contributed by atoms with Crippen molar-refractivity contribution in [2.75, 3.05) is 13.2 Å². The zero-order valence-corrected chi connectivity index (χ0v) is 12.8. The number of hydrogen-bond acceptors (Lipinski definition) is 3. The van der Waals surface area contributed by atoms with Crippen molar-refractivity contribution in [1.29, 1.82) is 0 Å². The molecule has 0 aromatic heterocycles. The van der Waals surface area contributed by atoms with Crippen molar-refractivity contribution >= 4 is 10.0 Å². The Bertz CT molecular complexity index is 613. The van der Waals surface area contributed by atoms with Gasteiger partial charge >= 0.3 is 0 Å². The Kier molecular flexibility index (Phi) is 4.95. The lowest BCUT2D eigenvalue weighted by molar-refractivity contribution is 0.182. The van der Waals surface area contributed by atoms with E-state index >= 15 is 0 Å². The Hall–Kier alpha value is -1.05. The molecule has 0 radical (unpaired) electrons. The van der Waals surface area contributed by atoms with E-state index in [1.165, 1.54) is 6.92 Å². The summed E-state index contributed by atoms with van der Waals surface area (Å²) in [6, 6.07) is 1.24. The molecule has 21 heavy (non-hydrogen) atoms. The van der Waals surface area contributed by atoms with Gasteiger partial charge in [-0.2, -0.15) is 0 Å². The number of hydrogen-bond donors (Lipinski definition) is 1. The summed E-state index contributed by atoms with van der Waals surface area (Å²) in [6.45, 7) is 4.38. The summed E-state index contributed by atoms with van der Waals surface area (Å²) in [5, 5.41) is 0. The van der Waals surface area contributed by atoms with Gasteiger partial charge in [-0.25, -0.2) is 21.9 Å². The molecule has 1 aromatic rings. The lowest BCUT2D eigenvalue weighted by Gasteiger charge is -2.17. The topological polar surface area (TPSA) is 55.4 Å². The molecule has 2 rings (SSSR count). The second-order valence-electron chi connectivity index (χ2n) is 5.52. The summed E-state index contributed by atoms with van der Waals surface area (Å²) in [4.78, 5) is -0.653. The standard InChI is InChI=1S/C14H19F2NO3S/c1-9-5-13(16)14(7-12(9)15)21(18,19)17-10(2)6-11-3-4-20-8-11/h5,7,10-11,17H,3-4,6,8H2,1-2H3/t10-,11+/m0/s1. The Balaban J connectivity index is 2.12. The maximum absolute atomic E-state index is 13.8. The van der Waals surface area contributed by atoms with Crippen molar-refractivity contribution in [3.05, 3.63) is 29.3 Å². The van der Waals surface area contributed by atoms with Crippen LogP contribution in [0.5, 0.6) is 0 Å². The first-order chi connectivity index (χ1) is 9.79. The van der Waals surface area contributed by atoms with Crippen LogP contribution in [0.15, 0.2) is 17.0 Å². The summed E-state index contributed by atoms with van der Waals surface area (Å²) in [7, 11) is -4.08. The third kappa shape index (κ3) is 3.99. The van der Waals surface area contributed by atoms with Crippen LogP contribution in [0, 0.1) is 24.5 Å². The minimum atomic E-state index is -4.08. The second-order valence-corrected chi connectivity index (χ2v) is 7.20. The van der Waals surface area contributed by atoms with Crippen molar-refractivity contribution in [2.24, 2.45) is 5.92 Å². The molecule has 4 nitrogen and oxygen atoms in total. The minimum absolute atomic E-state index is 0.0719. The van der Waals surface area contributed by atoms with Gasteiger partial charge in [-0.1, -0.05) is 0 Å². The van der Waals surface area contributed by atoms with Crippen LogP contribution in [0.1, 0.15) is 25.3 Å². The molecule has 118 valence electrons. The molecule has 1 fully saturated rings. The van der Waals surface area contributed by atoms with E-state index < -0.39 is 26.6 Å². The second kappa shape index (κ2) is 6.37. The fraction of sp³-hybridized carbons (Fsp3) is 0.571. The van der Waals surface area contributed by atoms with Gasteiger partial charge in [0.05, 0.1) is 0 Å². The molecule has 1 aromatic carbocycles. The number of ether oxygens (including phenoxy) is 1. The van der Waals surface area contributed by atoms with Crippen LogP contribution in [0.3, 0.4) is 0 Å². The Morgan fingerprint density at radius 3 is 2.71 bits per heavy atom. The number of halogens is 2. The van der Waals surface area contributed by atoms with E-state index in [4.69, 9.17) is 4.74 Å². The monoisotopic (exact) mass is 319 g/mol. The van der Waals surface area contributed by atoms with E-state index in [2.05, 4.69) is 4.72 Å². The van der Waals surface area contributed by atoms with E-state index in [1.54, 1.807) is 6.92 Å². The molecule has 1 N–H and O–H groups in total. The maximum atomic E-state index is 13.8. The van der Waals surface area contributed by atoms with Crippen molar-refractivity contribution in [1.82, 2.24) is 4.72 Å². The van der Waals surface area contributed by atoms with Crippen LogP contribution in [0.25, 0.3) is 0 Å². The molecular formula is C14H19F2NO3S. The normalized spacial score (nSPS) is 20.7. The quantitative estimate of drug-likeness (QED) is 0.906. The summed E-state index contributed by atoms with van der Waals surface area (Å²) >= 11 is 0. The molecule has 1 aliphatic heterocycles. The summed E-state index contributed by atoms with van der Waals surface area (Å²) in [5.41, 5.74) is 0.0719. The predicted molar refractivity (Wildman–Crippen MR) is 74.4 cm³/mol. The number of benzene rings is 1. The SMILES string of the molecule is Cc1cc(F)c(S(=O)(=O)N[C@@H](C)C[C@H]2CCOC2)cc1F. The van der Waals surface area contributed by atoms with Crippen LogP contribution in [-0.4, -0.2) is 27.7 Å². The van der Waals surface area contributed by atoms with Gasteiger partial charge in [0.15, 0.2) is 0 Å².